The number of hydrogen-bond donors (Lipinski definition) is 1. The van der Waals surface area contributed by atoms with Gasteiger partial charge in [-0.2, -0.15) is 11.3 Å². The highest BCUT2D eigenvalue weighted by atomic mass is 79.9. The molecule has 4 heteroatoms. The predicted octanol–water partition coefficient (Wildman–Crippen LogP) is 4.48. The van der Waals surface area contributed by atoms with Crippen LogP contribution in [0.25, 0.3) is 0 Å². The Morgan fingerprint density at radius 1 is 1.39 bits per heavy atom. The van der Waals surface area contributed by atoms with Crippen LogP contribution in [0.1, 0.15) is 50.4 Å². The van der Waals surface area contributed by atoms with E-state index in [2.05, 4.69) is 36.7 Å². The van der Waals surface area contributed by atoms with Gasteiger partial charge in [0.25, 0.3) is 0 Å². The van der Waals surface area contributed by atoms with E-state index in [1.807, 2.05) is 10.8 Å². The normalized spacial score (nSPS) is 13.6. The average Bonchev–Trinajstić information content (AvgIpc) is 2.68. The highest BCUT2D eigenvalue weighted by Crippen LogP contribution is 2.33. The molecule has 1 rings (SSSR count). The average molecular weight is 332 g/mol. The molecular formula is C14H22BrNOS. The first-order valence-corrected chi connectivity index (χ1v) is 8.04. The van der Waals surface area contributed by atoms with E-state index in [0.717, 1.165) is 22.9 Å². The second-order valence-corrected chi connectivity index (χ2v) is 7.33. The lowest BCUT2D eigenvalue weighted by Gasteiger charge is -2.30. The van der Waals surface area contributed by atoms with Crippen LogP contribution >= 0.6 is 27.3 Å². The zero-order chi connectivity index (χ0) is 13.8. The van der Waals surface area contributed by atoms with Crippen molar-refractivity contribution in [3.05, 3.63) is 20.8 Å². The van der Waals surface area contributed by atoms with E-state index >= 15 is 0 Å². The lowest BCUT2D eigenvalue weighted by molar-refractivity contribution is 0.0957. The molecule has 1 aromatic heterocycles. The van der Waals surface area contributed by atoms with Gasteiger partial charge in [0, 0.05) is 27.2 Å². The number of ketones is 1. The van der Waals surface area contributed by atoms with Crippen LogP contribution in [0.5, 0.6) is 0 Å². The van der Waals surface area contributed by atoms with Crippen LogP contribution in [-0.2, 0) is 0 Å². The largest absolute Gasteiger partial charge is 0.330 e. The summed E-state index contributed by atoms with van der Waals surface area (Å²) >= 11 is 4.97. The van der Waals surface area contributed by atoms with Crippen molar-refractivity contribution in [1.29, 1.82) is 0 Å². The Morgan fingerprint density at radius 2 is 2.06 bits per heavy atom. The number of carbonyl (C=O) groups is 1. The van der Waals surface area contributed by atoms with Crippen molar-refractivity contribution >= 4 is 33.0 Å². The second kappa shape index (κ2) is 6.83. The molecule has 0 aromatic carbocycles. The number of Topliss-reactive ketones (excluding diaryl/α,β-unsaturated/α-hetero) is 1. The van der Waals surface area contributed by atoms with E-state index in [1.54, 1.807) is 11.3 Å². The van der Waals surface area contributed by atoms with Gasteiger partial charge >= 0.3 is 0 Å². The zero-order valence-electron chi connectivity index (χ0n) is 11.3. The molecule has 0 radical (unpaired) electrons. The standard InChI is InChI=1S/C14H22BrNOS/c1-14(2,3)10(6-7-16)4-5-13(17)11-8-18-9-12(11)15/h8-10H,4-7,16H2,1-3H3. The van der Waals surface area contributed by atoms with Crippen LogP contribution in [0, 0.1) is 11.3 Å². The molecule has 1 aromatic rings. The first-order valence-electron chi connectivity index (χ1n) is 6.31. The first kappa shape index (κ1) is 15.9. The Balaban J connectivity index is 2.58. The lowest BCUT2D eigenvalue weighted by Crippen LogP contribution is -2.24. The van der Waals surface area contributed by atoms with Gasteiger partial charge in [-0.15, -0.1) is 0 Å². The Kier molecular flexibility index (Phi) is 6.02. The Labute approximate surface area is 122 Å². The molecule has 2 nitrogen and oxygen atoms in total. The van der Waals surface area contributed by atoms with E-state index in [-0.39, 0.29) is 11.2 Å². The molecule has 0 saturated carbocycles. The van der Waals surface area contributed by atoms with Gasteiger partial charge in [-0.25, -0.2) is 0 Å². The molecule has 102 valence electrons. The molecule has 0 spiro atoms. The summed E-state index contributed by atoms with van der Waals surface area (Å²) in [5.41, 5.74) is 6.69. The van der Waals surface area contributed by atoms with Crippen molar-refractivity contribution in [3.8, 4) is 0 Å². The van der Waals surface area contributed by atoms with Gasteiger partial charge in [0.05, 0.1) is 0 Å². The Morgan fingerprint density at radius 3 is 2.50 bits per heavy atom. The maximum absolute atomic E-state index is 12.1. The fourth-order valence-electron chi connectivity index (χ4n) is 2.13. The van der Waals surface area contributed by atoms with Crippen LogP contribution in [0.4, 0.5) is 0 Å². The number of nitrogens with two attached hydrogens (primary N) is 1. The van der Waals surface area contributed by atoms with Gasteiger partial charge < -0.3 is 5.73 Å². The van der Waals surface area contributed by atoms with Crippen molar-refractivity contribution in [2.24, 2.45) is 17.1 Å². The van der Waals surface area contributed by atoms with Gasteiger partial charge in [0.1, 0.15) is 0 Å². The second-order valence-electron chi connectivity index (χ2n) is 5.74. The van der Waals surface area contributed by atoms with Gasteiger partial charge in [0.15, 0.2) is 5.78 Å². The highest BCUT2D eigenvalue weighted by molar-refractivity contribution is 9.10. The summed E-state index contributed by atoms with van der Waals surface area (Å²) in [5.74, 6) is 0.734. The summed E-state index contributed by atoms with van der Waals surface area (Å²) in [6.07, 6.45) is 2.51. The molecule has 0 aliphatic rings. The number of carbonyl (C=O) groups excluding carboxylic acids is 1. The molecular weight excluding hydrogens is 310 g/mol. The molecule has 0 saturated heterocycles. The molecule has 1 heterocycles. The molecule has 0 amide bonds. The monoisotopic (exact) mass is 331 g/mol. The van der Waals surface area contributed by atoms with Crippen LogP contribution in [0.2, 0.25) is 0 Å². The van der Waals surface area contributed by atoms with E-state index in [0.29, 0.717) is 18.9 Å². The third kappa shape index (κ3) is 4.48. The van der Waals surface area contributed by atoms with Crippen molar-refractivity contribution in [1.82, 2.24) is 0 Å². The molecule has 18 heavy (non-hydrogen) atoms. The van der Waals surface area contributed by atoms with Crippen LogP contribution in [-0.4, -0.2) is 12.3 Å². The van der Waals surface area contributed by atoms with Gasteiger partial charge in [0.2, 0.25) is 0 Å². The van der Waals surface area contributed by atoms with Crippen molar-refractivity contribution in [3.63, 3.8) is 0 Å². The number of rotatable bonds is 6. The molecule has 0 aliphatic carbocycles. The third-order valence-corrected chi connectivity index (χ3v) is 5.08. The molecule has 1 unspecified atom stereocenters. The van der Waals surface area contributed by atoms with Crippen molar-refractivity contribution < 1.29 is 4.79 Å². The first-order chi connectivity index (χ1) is 8.36. The van der Waals surface area contributed by atoms with Crippen LogP contribution < -0.4 is 5.73 Å². The predicted molar refractivity (Wildman–Crippen MR) is 82.2 cm³/mol. The maximum atomic E-state index is 12.1. The minimum atomic E-state index is 0.214. The number of hydrogen-bond acceptors (Lipinski definition) is 3. The zero-order valence-corrected chi connectivity index (χ0v) is 13.7. The maximum Gasteiger partial charge on any atom is 0.164 e. The van der Waals surface area contributed by atoms with E-state index < -0.39 is 0 Å². The van der Waals surface area contributed by atoms with Crippen molar-refractivity contribution in [2.45, 2.75) is 40.0 Å². The summed E-state index contributed by atoms with van der Waals surface area (Å²) in [4.78, 5) is 12.1. The minimum Gasteiger partial charge on any atom is -0.330 e. The molecule has 0 fully saturated rings. The summed E-state index contributed by atoms with van der Waals surface area (Å²) < 4.78 is 0.920. The van der Waals surface area contributed by atoms with Crippen LogP contribution in [0.3, 0.4) is 0 Å². The van der Waals surface area contributed by atoms with E-state index in [1.165, 1.54) is 0 Å². The van der Waals surface area contributed by atoms with Crippen molar-refractivity contribution in [2.75, 3.05) is 6.54 Å². The quantitative estimate of drug-likeness (QED) is 0.780. The number of halogens is 1. The summed E-state index contributed by atoms with van der Waals surface area (Å²) in [6.45, 7) is 7.35. The Hall–Kier alpha value is -0.190. The van der Waals surface area contributed by atoms with Gasteiger partial charge in [-0.3, -0.25) is 4.79 Å². The smallest absolute Gasteiger partial charge is 0.164 e. The molecule has 2 N–H and O–H groups in total. The summed E-state index contributed by atoms with van der Waals surface area (Å²) in [5, 5.41) is 3.87. The van der Waals surface area contributed by atoms with Gasteiger partial charge in [-0.1, -0.05) is 20.8 Å². The SMILES string of the molecule is CC(C)(C)C(CCN)CCC(=O)c1cscc1Br. The van der Waals surface area contributed by atoms with E-state index in [9.17, 15) is 4.79 Å². The summed E-state index contributed by atoms with van der Waals surface area (Å²) in [7, 11) is 0. The fraction of sp³-hybridized carbons (Fsp3) is 0.643. The summed E-state index contributed by atoms with van der Waals surface area (Å²) in [6, 6.07) is 0. The molecule has 0 aliphatic heterocycles. The molecule has 1 atom stereocenters. The Bertz CT molecular complexity index is 395. The van der Waals surface area contributed by atoms with E-state index in [4.69, 9.17) is 5.73 Å². The molecule has 0 bridgehead atoms. The number of thiophene rings is 1. The lowest BCUT2D eigenvalue weighted by atomic mass is 9.76. The van der Waals surface area contributed by atoms with Gasteiger partial charge in [-0.05, 0) is 46.6 Å². The minimum absolute atomic E-state index is 0.214. The topological polar surface area (TPSA) is 43.1 Å². The fourth-order valence-corrected chi connectivity index (χ4v) is 3.65. The highest BCUT2D eigenvalue weighted by Gasteiger charge is 2.24. The van der Waals surface area contributed by atoms with Crippen LogP contribution in [0.15, 0.2) is 15.2 Å². The third-order valence-electron chi connectivity index (χ3n) is 3.37.